The Morgan fingerprint density at radius 2 is 1.57 bits per heavy atom. The molecule has 0 aliphatic carbocycles. The van der Waals surface area contributed by atoms with Crippen LogP contribution in [-0.4, -0.2) is 14.7 Å². The summed E-state index contributed by atoms with van der Waals surface area (Å²) in [6.45, 7) is 0. The van der Waals surface area contributed by atoms with Crippen molar-refractivity contribution in [2.75, 3.05) is 6.26 Å². The van der Waals surface area contributed by atoms with Crippen molar-refractivity contribution in [3.8, 4) is 0 Å². The van der Waals surface area contributed by atoms with Crippen molar-refractivity contribution in [3.63, 3.8) is 0 Å². The molecule has 0 amide bonds. The first-order chi connectivity index (χ1) is 6.21. The molecule has 0 saturated carbocycles. The molecule has 0 radical (unpaired) electrons. The van der Waals surface area contributed by atoms with Crippen molar-refractivity contribution < 1.29 is 13.0 Å². The molecule has 78 valence electrons. The van der Waals surface area contributed by atoms with E-state index in [1.807, 2.05) is 0 Å². The standard InChI is InChI=1S/C7H7Cl2O3PS/c1-14(11,12)7-4-2-6(3-5-7)13(8,9)10/h2-5H,1H3. The largest absolute Gasteiger partial charge is 0.284 e. The molecule has 1 aromatic carbocycles. The van der Waals surface area contributed by atoms with Gasteiger partial charge in [-0.15, -0.1) is 0 Å². The highest BCUT2D eigenvalue weighted by atomic mass is 35.9. The molecule has 0 bridgehead atoms. The van der Waals surface area contributed by atoms with Crippen LogP contribution in [0.1, 0.15) is 0 Å². The molecule has 0 unspecified atom stereocenters. The molecule has 3 nitrogen and oxygen atoms in total. The van der Waals surface area contributed by atoms with Crippen molar-refractivity contribution in [1.82, 2.24) is 0 Å². The number of hydrogen-bond acceptors (Lipinski definition) is 3. The van der Waals surface area contributed by atoms with Gasteiger partial charge in [-0.1, -0.05) is 0 Å². The van der Waals surface area contributed by atoms with Crippen molar-refractivity contribution in [1.29, 1.82) is 0 Å². The molecular weight excluding hydrogens is 266 g/mol. The zero-order valence-electron chi connectivity index (χ0n) is 7.15. The van der Waals surface area contributed by atoms with Gasteiger partial charge in [-0.25, -0.2) is 8.42 Å². The molecule has 0 atom stereocenters. The van der Waals surface area contributed by atoms with E-state index < -0.39 is 15.7 Å². The van der Waals surface area contributed by atoms with Crippen molar-refractivity contribution in [2.45, 2.75) is 4.90 Å². The van der Waals surface area contributed by atoms with Gasteiger partial charge in [0.15, 0.2) is 9.84 Å². The van der Waals surface area contributed by atoms with Crippen LogP contribution in [0.2, 0.25) is 0 Å². The molecule has 0 aromatic heterocycles. The fourth-order valence-electron chi connectivity index (χ4n) is 0.867. The summed E-state index contributed by atoms with van der Waals surface area (Å²) in [7, 11) is -3.24. The summed E-state index contributed by atoms with van der Waals surface area (Å²) in [5.41, 5.74) is 0. The lowest BCUT2D eigenvalue weighted by molar-refractivity contribution is 0.597. The first-order valence-electron chi connectivity index (χ1n) is 3.51. The third-order valence-electron chi connectivity index (χ3n) is 1.57. The molecule has 0 N–H and O–H groups in total. The minimum absolute atomic E-state index is 0.142. The molecule has 0 heterocycles. The van der Waals surface area contributed by atoms with E-state index in [1.54, 1.807) is 0 Å². The van der Waals surface area contributed by atoms with Crippen LogP contribution >= 0.6 is 28.3 Å². The Hall–Kier alpha value is -0.0200. The Morgan fingerprint density at radius 1 is 1.14 bits per heavy atom. The van der Waals surface area contributed by atoms with Gasteiger partial charge in [0, 0.05) is 11.6 Å². The third-order valence-corrected chi connectivity index (χ3v) is 4.76. The Kier molecular flexibility index (Phi) is 3.32. The maximum absolute atomic E-state index is 11.2. The summed E-state index contributed by atoms with van der Waals surface area (Å²) in [4.78, 5) is 0.142. The van der Waals surface area contributed by atoms with Crippen LogP contribution < -0.4 is 5.30 Å². The number of benzene rings is 1. The van der Waals surface area contributed by atoms with Crippen LogP contribution in [-0.2, 0) is 14.4 Å². The van der Waals surface area contributed by atoms with E-state index in [0.717, 1.165) is 6.26 Å². The molecule has 0 aliphatic heterocycles. The van der Waals surface area contributed by atoms with Crippen LogP contribution in [0.3, 0.4) is 0 Å². The second-order valence-electron chi connectivity index (χ2n) is 2.73. The summed E-state index contributed by atoms with van der Waals surface area (Å²) >= 11 is 10.8. The molecule has 0 spiro atoms. The molecule has 14 heavy (non-hydrogen) atoms. The van der Waals surface area contributed by atoms with Crippen molar-refractivity contribution in [3.05, 3.63) is 24.3 Å². The van der Waals surface area contributed by atoms with E-state index in [-0.39, 0.29) is 10.2 Å². The lowest BCUT2D eigenvalue weighted by Gasteiger charge is -2.02. The second kappa shape index (κ2) is 3.86. The molecule has 1 rings (SSSR count). The van der Waals surface area contributed by atoms with Gasteiger partial charge in [-0.3, -0.25) is 4.57 Å². The smallest absolute Gasteiger partial charge is 0.281 e. The quantitative estimate of drug-likeness (QED) is 0.777. The maximum Gasteiger partial charge on any atom is 0.281 e. The number of sulfone groups is 1. The zero-order chi connectivity index (χ0) is 11.0. The van der Waals surface area contributed by atoms with E-state index in [2.05, 4.69) is 0 Å². The third kappa shape index (κ3) is 2.99. The maximum atomic E-state index is 11.2. The molecule has 0 saturated heterocycles. The summed E-state index contributed by atoms with van der Waals surface area (Å²) in [6.07, 6.45) is 1.09. The first-order valence-corrected chi connectivity index (χ1v) is 8.92. The molecule has 7 heteroatoms. The van der Waals surface area contributed by atoms with Gasteiger partial charge in [0.1, 0.15) is 0 Å². The second-order valence-corrected chi connectivity index (χ2v) is 9.56. The van der Waals surface area contributed by atoms with E-state index in [0.29, 0.717) is 0 Å². The lowest BCUT2D eigenvalue weighted by Crippen LogP contribution is -2.01. The van der Waals surface area contributed by atoms with Crippen LogP contribution in [0, 0.1) is 0 Å². The van der Waals surface area contributed by atoms with Crippen molar-refractivity contribution >= 4 is 43.5 Å². The lowest BCUT2D eigenvalue weighted by atomic mass is 10.4. The normalized spacial score (nSPS) is 12.8. The van der Waals surface area contributed by atoms with Gasteiger partial charge in [-0.2, -0.15) is 0 Å². The Bertz CT molecular complexity index is 474. The highest BCUT2D eigenvalue weighted by Crippen LogP contribution is 2.55. The summed E-state index contributed by atoms with van der Waals surface area (Å²) in [5, 5.41) is 0.230. The van der Waals surface area contributed by atoms with Crippen LogP contribution in [0.15, 0.2) is 29.2 Å². The highest BCUT2D eigenvalue weighted by molar-refractivity contribution is 8.13. The fourth-order valence-corrected chi connectivity index (χ4v) is 2.67. The number of hydrogen-bond donors (Lipinski definition) is 0. The number of halogens is 2. The first kappa shape index (κ1) is 12.1. The van der Waals surface area contributed by atoms with Gasteiger partial charge in [0.05, 0.1) is 4.90 Å². The topological polar surface area (TPSA) is 51.2 Å². The Morgan fingerprint density at radius 3 is 1.86 bits per heavy atom. The van der Waals surface area contributed by atoms with Gasteiger partial charge in [0.2, 0.25) is 0 Å². The predicted octanol–water partition coefficient (Wildman–Crippen LogP) is 2.39. The summed E-state index contributed by atoms with van der Waals surface area (Å²) < 4.78 is 33.3. The molecule has 1 aromatic rings. The van der Waals surface area contributed by atoms with Crippen molar-refractivity contribution in [2.24, 2.45) is 0 Å². The average Bonchev–Trinajstić information content (AvgIpc) is 2.01. The number of rotatable bonds is 2. The highest BCUT2D eigenvalue weighted by Gasteiger charge is 2.17. The molecular formula is C7H7Cl2O3PS. The average molecular weight is 273 g/mol. The van der Waals surface area contributed by atoms with E-state index in [1.165, 1.54) is 24.3 Å². The molecule has 0 aliphatic rings. The zero-order valence-corrected chi connectivity index (χ0v) is 10.4. The summed E-state index contributed by atoms with van der Waals surface area (Å²) in [6, 6.07) is 5.33. The van der Waals surface area contributed by atoms with Gasteiger partial charge < -0.3 is 0 Å². The van der Waals surface area contributed by atoms with E-state index >= 15 is 0 Å². The van der Waals surface area contributed by atoms with E-state index in [4.69, 9.17) is 22.5 Å². The van der Waals surface area contributed by atoms with Gasteiger partial charge >= 0.3 is 0 Å². The van der Waals surface area contributed by atoms with E-state index in [9.17, 15) is 13.0 Å². The Labute approximate surface area is 91.9 Å². The van der Waals surface area contributed by atoms with Crippen LogP contribution in [0.4, 0.5) is 0 Å². The monoisotopic (exact) mass is 272 g/mol. The van der Waals surface area contributed by atoms with Crippen LogP contribution in [0.5, 0.6) is 0 Å². The predicted molar refractivity (Wildman–Crippen MR) is 58.5 cm³/mol. The molecule has 0 fully saturated rings. The van der Waals surface area contributed by atoms with Gasteiger partial charge in [0.25, 0.3) is 5.85 Å². The van der Waals surface area contributed by atoms with Gasteiger partial charge in [-0.05, 0) is 46.7 Å². The minimum Gasteiger partial charge on any atom is -0.284 e. The fraction of sp³-hybridized carbons (Fsp3) is 0.143. The summed E-state index contributed by atoms with van der Waals surface area (Å²) in [5.74, 6) is -3.34. The Balaban J connectivity index is 3.21. The minimum atomic E-state index is -3.34. The SMILES string of the molecule is CS(=O)(=O)c1ccc(P(=O)(Cl)Cl)cc1. The van der Waals surface area contributed by atoms with Crippen LogP contribution in [0.25, 0.3) is 0 Å².